The van der Waals surface area contributed by atoms with Crippen LogP contribution in [0.4, 0.5) is 25.2 Å². The first kappa shape index (κ1) is 21.3. The summed E-state index contributed by atoms with van der Waals surface area (Å²) in [6.07, 6.45) is 6.87. The van der Waals surface area contributed by atoms with Crippen LogP contribution in [0.15, 0.2) is 12.4 Å². The minimum atomic E-state index is -10.7. The van der Waals surface area contributed by atoms with E-state index < -0.39 is 7.81 Å². The average Bonchev–Trinajstić information content (AvgIpc) is 2.42. The van der Waals surface area contributed by atoms with Crippen LogP contribution in [0.25, 0.3) is 0 Å². The molecule has 0 radical (unpaired) electrons. The van der Waals surface area contributed by atoms with Crippen LogP contribution in [0.3, 0.4) is 0 Å². The van der Waals surface area contributed by atoms with Gasteiger partial charge in [0.25, 0.3) is 0 Å². The molecule has 0 saturated carbocycles. The maximum absolute atomic E-state index is 10.7. The van der Waals surface area contributed by atoms with E-state index in [0.717, 1.165) is 6.67 Å². The molecule has 2 nitrogen and oxygen atoms in total. The summed E-state index contributed by atoms with van der Waals surface area (Å²) in [7, 11) is -8.56. The first-order valence-corrected chi connectivity index (χ1v) is 7.00. The fourth-order valence-corrected chi connectivity index (χ4v) is 1.10. The molecule has 1 aliphatic rings. The molecule has 0 fully saturated rings. The van der Waals surface area contributed by atoms with Gasteiger partial charge in [-0.05, 0) is 6.42 Å². The van der Waals surface area contributed by atoms with Crippen LogP contribution in [0.1, 0.15) is 19.8 Å². The molecule has 0 N–H and O–H groups in total. The Kier molecular flexibility index (Phi) is 7.84. The van der Waals surface area contributed by atoms with E-state index in [0.29, 0.717) is 0 Å². The van der Waals surface area contributed by atoms with Gasteiger partial charge in [-0.2, -0.15) is 0 Å². The van der Waals surface area contributed by atoms with Crippen molar-refractivity contribution in [3.05, 3.63) is 12.4 Å². The Balaban J connectivity index is 0. The van der Waals surface area contributed by atoms with Gasteiger partial charge in [-0.15, -0.1) is 0 Å². The van der Waals surface area contributed by atoms with Crippen molar-refractivity contribution in [1.82, 2.24) is 9.80 Å². The van der Waals surface area contributed by atoms with Crippen LogP contribution >= 0.6 is 7.81 Å². The molecule has 18 heavy (non-hydrogen) atoms. The van der Waals surface area contributed by atoms with Crippen molar-refractivity contribution in [2.24, 2.45) is 0 Å². The Bertz CT molecular complexity index is 265. The normalized spacial score (nSPS) is 18.4. The first-order valence-electron chi connectivity index (χ1n) is 4.97. The van der Waals surface area contributed by atoms with E-state index in [9.17, 15) is 25.2 Å². The fourth-order valence-electron chi connectivity index (χ4n) is 1.10. The number of nitrogens with zero attached hydrogens (tertiary/aromatic N) is 2. The Hall–Kier alpha value is 0.986. The molecule has 0 aromatic rings. The van der Waals surface area contributed by atoms with Crippen LogP contribution < -0.4 is 51.4 Å². The summed E-state index contributed by atoms with van der Waals surface area (Å²) in [4.78, 5) is 4.53. The minimum absolute atomic E-state index is 0. The molecule has 0 saturated heterocycles. The van der Waals surface area contributed by atoms with Crippen LogP contribution in [-0.2, 0) is 0 Å². The molecule has 0 atom stereocenters. The zero-order valence-electron chi connectivity index (χ0n) is 10.6. The summed E-state index contributed by atoms with van der Waals surface area (Å²) in [5.74, 6) is 0. The van der Waals surface area contributed by atoms with Crippen LogP contribution in [-0.4, -0.2) is 30.1 Å². The van der Waals surface area contributed by atoms with Crippen molar-refractivity contribution in [2.75, 3.05) is 20.3 Å². The smallest absolute Gasteiger partial charge is 1.00 e. The summed E-state index contributed by atoms with van der Waals surface area (Å²) in [5.41, 5.74) is 0. The van der Waals surface area contributed by atoms with E-state index in [1.165, 1.54) is 19.4 Å². The molecule has 106 valence electrons. The maximum Gasteiger partial charge on any atom is 1.00 e. The molecule has 0 aromatic carbocycles. The largest absolute Gasteiger partial charge is 1.00 e. The number of hydrogen-bond acceptors (Lipinski definition) is 2. The van der Waals surface area contributed by atoms with Gasteiger partial charge in [0.05, 0.1) is 6.67 Å². The van der Waals surface area contributed by atoms with Crippen molar-refractivity contribution in [3.8, 4) is 0 Å². The number of rotatable bonds is 3. The van der Waals surface area contributed by atoms with E-state index in [-0.39, 0.29) is 51.4 Å². The Morgan fingerprint density at radius 2 is 1.50 bits per heavy atom. The van der Waals surface area contributed by atoms with E-state index in [2.05, 4.69) is 36.2 Å². The van der Waals surface area contributed by atoms with Gasteiger partial charge in [-0.1, -0.05) is 13.3 Å². The molecule has 1 aliphatic heterocycles. The Morgan fingerprint density at radius 3 is 1.78 bits per heavy atom. The van der Waals surface area contributed by atoms with Crippen LogP contribution in [0, 0.1) is 0 Å². The van der Waals surface area contributed by atoms with Gasteiger partial charge >= 0.3 is 84.4 Å². The predicted molar refractivity (Wildman–Crippen MR) is 57.0 cm³/mol. The molecular weight excluding hydrogens is 308 g/mol. The minimum Gasteiger partial charge on any atom is 1.00 e. The van der Waals surface area contributed by atoms with Gasteiger partial charge in [0.2, 0.25) is 0 Å². The standard InChI is InChI=1S/C8H16N2.F6P.K/c1-3-4-5-10-7-6-9(2)8-10;1-7(2,3,4,5)6;/h6-7H,3-5,8H2,1-2H3;;/q;-1;+1. The molecule has 0 spiro atoms. The zero-order valence-corrected chi connectivity index (χ0v) is 14.6. The monoisotopic (exact) mass is 324 g/mol. The number of hydrogen-bond donors (Lipinski definition) is 0. The van der Waals surface area contributed by atoms with E-state index in [4.69, 9.17) is 0 Å². The fraction of sp³-hybridized carbons (Fsp3) is 0.750. The van der Waals surface area contributed by atoms with Gasteiger partial charge < -0.3 is 9.80 Å². The SMILES string of the molecule is CCCCN1C=CN(C)C1.F[P-](F)(F)(F)(F)F.[K+]. The Labute approximate surface area is 145 Å². The third-order valence-corrected chi connectivity index (χ3v) is 1.74. The topological polar surface area (TPSA) is 6.48 Å². The summed E-state index contributed by atoms with van der Waals surface area (Å²) < 4.78 is 59.2. The second-order valence-corrected chi connectivity index (χ2v) is 5.74. The third-order valence-electron chi connectivity index (χ3n) is 1.74. The van der Waals surface area contributed by atoms with Crippen molar-refractivity contribution >= 4 is 7.81 Å². The van der Waals surface area contributed by atoms with Crippen molar-refractivity contribution < 1.29 is 76.6 Å². The van der Waals surface area contributed by atoms with Crippen molar-refractivity contribution in [3.63, 3.8) is 0 Å². The summed E-state index contributed by atoms with van der Waals surface area (Å²) >= 11 is 0. The molecule has 0 aromatic heterocycles. The van der Waals surface area contributed by atoms with Gasteiger partial charge in [0.1, 0.15) is 0 Å². The quantitative estimate of drug-likeness (QED) is 0.444. The molecular formula is C8H16F6KN2P. The second-order valence-electron chi connectivity index (χ2n) is 3.82. The second kappa shape index (κ2) is 6.63. The molecule has 0 bridgehead atoms. The van der Waals surface area contributed by atoms with Crippen molar-refractivity contribution in [2.45, 2.75) is 19.8 Å². The number of halogens is 6. The number of unbranched alkanes of at least 4 members (excludes halogenated alkanes) is 1. The predicted octanol–water partition coefficient (Wildman–Crippen LogP) is 1.85. The molecule has 1 rings (SSSR count). The van der Waals surface area contributed by atoms with Crippen LogP contribution in [0.2, 0.25) is 0 Å². The molecule has 0 unspecified atom stereocenters. The summed E-state index contributed by atoms with van der Waals surface area (Å²) in [6.45, 7) is 4.50. The average molecular weight is 324 g/mol. The molecule has 1 heterocycles. The Morgan fingerprint density at radius 1 is 1.06 bits per heavy atom. The van der Waals surface area contributed by atoms with Gasteiger partial charge in [0.15, 0.2) is 0 Å². The van der Waals surface area contributed by atoms with E-state index in [1.807, 2.05) is 0 Å². The van der Waals surface area contributed by atoms with Crippen molar-refractivity contribution in [1.29, 1.82) is 0 Å². The summed E-state index contributed by atoms with van der Waals surface area (Å²) in [5, 5.41) is 0. The van der Waals surface area contributed by atoms with Gasteiger partial charge in [-0.25, -0.2) is 0 Å². The van der Waals surface area contributed by atoms with Gasteiger partial charge in [-0.3, -0.25) is 0 Å². The van der Waals surface area contributed by atoms with E-state index in [1.54, 1.807) is 0 Å². The first-order chi connectivity index (χ1) is 7.28. The molecule has 0 amide bonds. The zero-order chi connectivity index (χ0) is 13.8. The molecule has 0 aliphatic carbocycles. The summed E-state index contributed by atoms with van der Waals surface area (Å²) in [6, 6.07) is 0. The van der Waals surface area contributed by atoms with E-state index >= 15 is 0 Å². The molecule has 10 heteroatoms. The van der Waals surface area contributed by atoms with Crippen LogP contribution in [0.5, 0.6) is 0 Å². The van der Waals surface area contributed by atoms with Gasteiger partial charge in [0, 0.05) is 26.0 Å². The maximum atomic E-state index is 9.87. The third kappa shape index (κ3) is 22.2.